The topological polar surface area (TPSA) is 12.0 Å². The van der Waals surface area contributed by atoms with Crippen LogP contribution in [0.4, 0.5) is 0 Å². The first kappa shape index (κ1) is 9.53. The van der Waals surface area contributed by atoms with Crippen LogP contribution in [0.25, 0.3) is 5.70 Å². The summed E-state index contributed by atoms with van der Waals surface area (Å²) in [5.74, 6) is 0. The van der Waals surface area contributed by atoms with Crippen molar-refractivity contribution >= 4 is 21.6 Å². The van der Waals surface area contributed by atoms with Crippen molar-refractivity contribution in [3.05, 3.63) is 52.7 Å². The first-order valence-electron chi connectivity index (χ1n) is 4.66. The largest absolute Gasteiger partial charge is 0.359 e. The van der Waals surface area contributed by atoms with Crippen LogP contribution >= 0.6 is 15.9 Å². The van der Waals surface area contributed by atoms with Gasteiger partial charge >= 0.3 is 0 Å². The number of rotatable bonds is 1. The molecule has 1 aromatic carbocycles. The highest BCUT2D eigenvalue weighted by molar-refractivity contribution is 9.10. The van der Waals surface area contributed by atoms with E-state index in [4.69, 9.17) is 0 Å². The highest BCUT2D eigenvalue weighted by atomic mass is 79.9. The summed E-state index contributed by atoms with van der Waals surface area (Å²) < 4.78 is 1.11. The van der Waals surface area contributed by atoms with Crippen LogP contribution in [0.1, 0.15) is 18.4 Å². The van der Waals surface area contributed by atoms with Gasteiger partial charge in [0.05, 0.1) is 0 Å². The number of benzene rings is 1. The third-order valence-electron chi connectivity index (χ3n) is 2.26. The normalized spacial score (nSPS) is 16.1. The average Bonchev–Trinajstić information content (AvgIpc) is 2.19. The molecule has 0 amide bonds. The smallest absolute Gasteiger partial charge is 0.0414 e. The van der Waals surface area contributed by atoms with E-state index < -0.39 is 0 Å². The van der Waals surface area contributed by atoms with Gasteiger partial charge in [0.15, 0.2) is 0 Å². The number of halogens is 1. The number of hydrogen-bond donors (Lipinski definition) is 1. The van der Waals surface area contributed by atoms with Crippen molar-refractivity contribution in [2.75, 3.05) is 0 Å². The summed E-state index contributed by atoms with van der Waals surface area (Å²) in [5.41, 5.74) is 3.49. The third kappa shape index (κ3) is 2.07. The molecule has 14 heavy (non-hydrogen) atoms. The summed E-state index contributed by atoms with van der Waals surface area (Å²) in [5, 5.41) is 3.30. The van der Waals surface area contributed by atoms with Crippen LogP contribution in [0, 0.1) is 0 Å². The van der Waals surface area contributed by atoms with E-state index >= 15 is 0 Å². The molecule has 1 N–H and O–H groups in total. The Kier molecular flexibility index (Phi) is 2.73. The summed E-state index contributed by atoms with van der Waals surface area (Å²) in [6.07, 6.45) is 4.34. The average molecular weight is 250 g/mol. The maximum absolute atomic E-state index is 3.95. The molecule has 1 aliphatic rings. The van der Waals surface area contributed by atoms with Crippen LogP contribution in [-0.4, -0.2) is 0 Å². The van der Waals surface area contributed by atoms with Gasteiger partial charge in [0, 0.05) is 15.9 Å². The third-order valence-corrected chi connectivity index (χ3v) is 2.79. The predicted octanol–water partition coefficient (Wildman–Crippen LogP) is 3.69. The van der Waals surface area contributed by atoms with Gasteiger partial charge < -0.3 is 5.32 Å². The molecule has 1 aliphatic heterocycles. The maximum Gasteiger partial charge on any atom is 0.0414 e. The molecule has 1 nitrogen and oxygen atoms in total. The monoisotopic (exact) mass is 249 g/mol. The Labute approximate surface area is 92.7 Å². The Morgan fingerprint density at radius 2 is 1.93 bits per heavy atom. The van der Waals surface area contributed by atoms with E-state index in [-0.39, 0.29) is 0 Å². The Morgan fingerprint density at radius 3 is 2.57 bits per heavy atom. The first-order valence-corrected chi connectivity index (χ1v) is 5.46. The zero-order chi connectivity index (χ0) is 9.97. The van der Waals surface area contributed by atoms with E-state index in [1.54, 1.807) is 0 Å². The van der Waals surface area contributed by atoms with Crippen LogP contribution in [0.3, 0.4) is 0 Å². The van der Waals surface area contributed by atoms with Crippen molar-refractivity contribution in [3.63, 3.8) is 0 Å². The van der Waals surface area contributed by atoms with Crippen molar-refractivity contribution in [2.45, 2.75) is 12.8 Å². The van der Waals surface area contributed by atoms with Crippen LogP contribution < -0.4 is 5.32 Å². The molecule has 0 unspecified atom stereocenters. The molecular formula is C12H12BrN. The molecule has 1 heterocycles. The molecule has 0 saturated carbocycles. The summed E-state index contributed by atoms with van der Waals surface area (Å²) in [6.45, 7) is 3.95. The van der Waals surface area contributed by atoms with E-state index in [2.05, 4.69) is 58.2 Å². The summed E-state index contributed by atoms with van der Waals surface area (Å²) >= 11 is 3.42. The van der Waals surface area contributed by atoms with Gasteiger partial charge in [-0.25, -0.2) is 0 Å². The lowest BCUT2D eigenvalue weighted by Crippen LogP contribution is -2.14. The first-order chi connectivity index (χ1) is 6.75. The number of hydrogen-bond acceptors (Lipinski definition) is 1. The maximum atomic E-state index is 3.95. The minimum atomic E-state index is 1.04. The van der Waals surface area contributed by atoms with Crippen LogP contribution in [0.2, 0.25) is 0 Å². The van der Waals surface area contributed by atoms with Crippen LogP contribution in [-0.2, 0) is 0 Å². The fourth-order valence-electron chi connectivity index (χ4n) is 1.51. The second-order valence-corrected chi connectivity index (χ2v) is 4.31. The van der Waals surface area contributed by atoms with Crippen molar-refractivity contribution < 1.29 is 0 Å². The highest BCUT2D eigenvalue weighted by Crippen LogP contribution is 2.21. The highest BCUT2D eigenvalue weighted by Gasteiger charge is 2.06. The molecule has 2 heteroatoms. The molecule has 0 aromatic heterocycles. The van der Waals surface area contributed by atoms with Gasteiger partial charge in [-0.2, -0.15) is 0 Å². The molecule has 0 atom stereocenters. The molecule has 0 bridgehead atoms. The molecule has 0 spiro atoms. The second kappa shape index (κ2) is 4.01. The van der Waals surface area contributed by atoms with Gasteiger partial charge in [0.1, 0.15) is 0 Å². The van der Waals surface area contributed by atoms with Crippen molar-refractivity contribution in [2.24, 2.45) is 0 Å². The lowest BCUT2D eigenvalue weighted by molar-refractivity contribution is 0.860. The van der Waals surface area contributed by atoms with Gasteiger partial charge in [0.25, 0.3) is 0 Å². The van der Waals surface area contributed by atoms with Crippen molar-refractivity contribution in [1.82, 2.24) is 5.32 Å². The summed E-state index contributed by atoms with van der Waals surface area (Å²) in [6, 6.07) is 8.30. The minimum absolute atomic E-state index is 1.04. The van der Waals surface area contributed by atoms with Crippen molar-refractivity contribution in [1.29, 1.82) is 0 Å². The lowest BCUT2D eigenvalue weighted by atomic mass is 10.1. The fourth-order valence-corrected chi connectivity index (χ4v) is 1.78. The van der Waals surface area contributed by atoms with E-state index in [1.165, 1.54) is 11.3 Å². The van der Waals surface area contributed by atoms with Crippen LogP contribution in [0.15, 0.2) is 47.1 Å². The van der Waals surface area contributed by atoms with Gasteiger partial charge in [0.2, 0.25) is 0 Å². The predicted molar refractivity (Wildman–Crippen MR) is 63.6 cm³/mol. The Bertz CT molecular complexity index is 376. The SMILES string of the molecule is C=C1CCC=C(c2ccc(Br)cc2)N1. The molecule has 1 aromatic rings. The lowest BCUT2D eigenvalue weighted by Gasteiger charge is -2.18. The summed E-state index contributed by atoms with van der Waals surface area (Å²) in [4.78, 5) is 0. The number of allylic oxidation sites excluding steroid dienone is 2. The second-order valence-electron chi connectivity index (χ2n) is 3.39. The minimum Gasteiger partial charge on any atom is -0.359 e. The standard InChI is InChI=1S/C12H12BrN/c1-9-3-2-4-12(14-9)10-5-7-11(13)8-6-10/h4-8,14H,1-3H2. The molecule has 72 valence electrons. The molecule has 0 aliphatic carbocycles. The van der Waals surface area contributed by atoms with E-state index in [0.29, 0.717) is 0 Å². The Morgan fingerprint density at radius 1 is 1.21 bits per heavy atom. The Hall–Kier alpha value is -1.02. The molecular weight excluding hydrogens is 238 g/mol. The van der Waals surface area contributed by atoms with Gasteiger partial charge in [-0.05, 0) is 30.5 Å². The zero-order valence-electron chi connectivity index (χ0n) is 7.89. The zero-order valence-corrected chi connectivity index (χ0v) is 9.47. The molecule has 0 saturated heterocycles. The van der Waals surface area contributed by atoms with Crippen LogP contribution in [0.5, 0.6) is 0 Å². The molecule has 2 rings (SSSR count). The fraction of sp³-hybridized carbons (Fsp3) is 0.167. The van der Waals surface area contributed by atoms with E-state index in [9.17, 15) is 0 Å². The van der Waals surface area contributed by atoms with E-state index in [0.717, 1.165) is 23.0 Å². The van der Waals surface area contributed by atoms with E-state index in [1.807, 2.05) is 0 Å². The quantitative estimate of drug-likeness (QED) is 0.801. The van der Waals surface area contributed by atoms with Gasteiger partial charge in [-0.1, -0.05) is 40.7 Å². The number of nitrogens with one attached hydrogen (secondary N) is 1. The summed E-state index contributed by atoms with van der Waals surface area (Å²) in [7, 11) is 0. The van der Waals surface area contributed by atoms with Gasteiger partial charge in [-0.15, -0.1) is 0 Å². The molecule has 0 radical (unpaired) electrons. The van der Waals surface area contributed by atoms with Gasteiger partial charge in [-0.3, -0.25) is 0 Å². The molecule has 0 fully saturated rings. The Balaban J connectivity index is 2.26. The van der Waals surface area contributed by atoms with Crippen molar-refractivity contribution in [3.8, 4) is 0 Å².